The SMILES string of the molecule is C=Cc1c(C=C)c(-c2ccc3cc(-c4ccc(C/C=C\C=C/N)cc4)ccc3c2)c2ccccc2c1-c1ccc(C(C)(C)C)cc1. The molecule has 0 aromatic heterocycles. The molecule has 1 heteroatoms. The van der Waals surface area contributed by atoms with Gasteiger partial charge in [0.15, 0.2) is 0 Å². The van der Waals surface area contributed by atoms with E-state index in [4.69, 9.17) is 5.73 Å². The van der Waals surface area contributed by atoms with Gasteiger partial charge in [-0.1, -0.05) is 155 Å². The van der Waals surface area contributed by atoms with Crippen molar-refractivity contribution in [2.24, 2.45) is 5.73 Å². The van der Waals surface area contributed by atoms with E-state index >= 15 is 0 Å². The van der Waals surface area contributed by atoms with E-state index in [1.54, 1.807) is 6.20 Å². The molecule has 6 rings (SSSR count). The van der Waals surface area contributed by atoms with E-state index < -0.39 is 0 Å². The lowest BCUT2D eigenvalue weighted by atomic mass is 9.82. The van der Waals surface area contributed by atoms with E-state index in [-0.39, 0.29) is 5.41 Å². The summed E-state index contributed by atoms with van der Waals surface area (Å²) >= 11 is 0. The van der Waals surface area contributed by atoms with Gasteiger partial charge in [-0.2, -0.15) is 0 Å². The van der Waals surface area contributed by atoms with Gasteiger partial charge in [0.25, 0.3) is 0 Å². The molecule has 6 aromatic carbocycles. The number of hydrogen-bond donors (Lipinski definition) is 1. The third-order valence-corrected chi connectivity index (χ3v) is 8.87. The highest BCUT2D eigenvalue weighted by Gasteiger charge is 2.20. The quantitative estimate of drug-likeness (QED) is 0.174. The standard InChI is InChI=1S/C45H41N/c1-6-39-40(7-2)44(42-15-11-10-14-41(42)43(39)33-24-26-38(27-25-33)45(3,4)5)37-23-22-35-29-34(20-21-36(35)30-37)32-18-16-31(17-19-32)13-9-8-12-28-46/h6-12,14-30H,1-2,13,46H2,3-5H3/b9-8-,28-12-. The average Bonchev–Trinajstić information content (AvgIpc) is 3.08. The molecule has 0 bridgehead atoms. The van der Waals surface area contributed by atoms with Crippen LogP contribution in [0.15, 0.2) is 147 Å². The first-order valence-corrected chi connectivity index (χ1v) is 15.9. The predicted octanol–water partition coefficient (Wildman–Crippen LogP) is 12.1. The van der Waals surface area contributed by atoms with Crippen LogP contribution in [0.3, 0.4) is 0 Å². The van der Waals surface area contributed by atoms with Gasteiger partial charge in [-0.25, -0.2) is 0 Å². The van der Waals surface area contributed by atoms with E-state index in [0.29, 0.717) is 0 Å². The van der Waals surface area contributed by atoms with Crippen LogP contribution in [0.2, 0.25) is 0 Å². The van der Waals surface area contributed by atoms with Gasteiger partial charge in [0.05, 0.1) is 0 Å². The minimum Gasteiger partial charge on any atom is -0.405 e. The Balaban J connectivity index is 1.43. The molecule has 2 N–H and O–H groups in total. The molecule has 0 saturated carbocycles. The molecule has 0 atom stereocenters. The maximum atomic E-state index is 5.42. The summed E-state index contributed by atoms with van der Waals surface area (Å²) < 4.78 is 0. The summed E-state index contributed by atoms with van der Waals surface area (Å²) in [4.78, 5) is 0. The Kier molecular flexibility index (Phi) is 8.59. The fourth-order valence-corrected chi connectivity index (χ4v) is 6.42. The highest BCUT2D eigenvalue weighted by atomic mass is 14.5. The zero-order chi connectivity index (χ0) is 32.3. The molecule has 0 unspecified atom stereocenters. The van der Waals surface area contributed by atoms with E-state index in [1.807, 2.05) is 24.3 Å². The maximum Gasteiger partial charge on any atom is -0.00264 e. The Bertz CT molecular complexity index is 2110. The fourth-order valence-electron chi connectivity index (χ4n) is 6.42. The van der Waals surface area contributed by atoms with Crippen molar-refractivity contribution in [3.8, 4) is 33.4 Å². The largest absolute Gasteiger partial charge is 0.405 e. The number of allylic oxidation sites excluding steroid dienone is 3. The van der Waals surface area contributed by atoms with Crippen molar-refractivity contribution in [2.75, 3.05) is 0 Å². The lowest BCUT2D eigenvalue weighted by molar-refractivity contribution is 0.590. The molecule has 0 saturated heterocycles. The lowest BCUT2D eigenvalue weighted by Gasteiger charge is -2.22. The molecule has 0 fully saturated rings. The van der Waals surface area contributed by atoms with Gasteiger partial charge >= 0.3 is 0 Å². The molecule has 0 spiro atoms. The van der Waals surface area contributed by atoms with Crippen molar-refractivity contribution < 1.29 is 0 Å². The third kappa shape index (κ3) is 5.97. The second-order valence-electron chi connectivity index (χ2n) is 12.8. The summed E-state index contributed by atoms with van der Waals surface area (Å²) in [7, 11) is 0. The molecule has 46 heavy (non-hydrogen) atoms. The summed E-state index contributed by atoms with van der Waals surface area (Å²) in [5.74, 6) is 0. The summed E-state index contributed by atoms with van der Waals surface area (Å²) in [5, 5.41) is 4.84. The first kappa shape index (κ1) is 30.6. The number of rotatable bonds is 8. The lowest BCUT2D eigenvalue weighted by Crippen LogP contribution is -2.10. The van der Waals surface area contributed by atoms with Crippen molar-refractivity contribution >= 4 is 33.7 Å². The summed E-state index contributed by atoms with van der Waals surface area (Å²) in [6.45, 7) is 15.3. The Morgan fingerprint density at radius 3 is 1.67 bits per heavy atom. The van der Waals surface area contributed by atoms with E-state index in [9.17, 15) is 0 Å². The van der Waals surface area contributed by atoms with Crippen LogP contribution in [0, 0.1) is 0 Å². The van der Waals surface area contributed by atoms with E-state index in [1.165, 1.54) is 66.1 Å². The van der Waals surface area contributed by atoms with Gasteiger partial charge in [0.2, 0.25) is 0 Å². The third-order valence-electron chi connectivity index (χ3n) is 8.87. The molecule has 0 aliphatic carbocycles. The summed E-state index contributed by atoms with van der Waals surface area (Å²) in [6.07, 6.45) is 12.3. The summed E-state index contributed by atoms with van der Waals surface area (Å²) in [6, 6.07) is 40.1. The second-order valence-corrected chi connectivity index (χ2v) is 12.8. The Labute approximate surface area is 273 Å². The van der Waals surface area contributed by atoms with Gasteiger partial charge in [-0.15, -0.1) is 0 Å². The zero-order valence-corrected chi connectivity index (χ0v) is 27.1. The second kappa shape index (κ2) is 12.9. The van der Waals surface area contributed by atoms with Crippen LogP contribution in [0.25, 0.3) is 67.1 Å². The van der Waals surface area contributed by atoms with Crippen molar-refractivity contribution in [3.63, 3.8) is 0 Å². The zero-order valence-electron chi connectivity index (χ0n) is 27.1. The van der Waals surface area contributed by atoms with Crippen molar-refractivity contribution in [1.82, 2.24) is 0 Å². The van der Waals surface area contributed by atoms with Crippen molar-refractivity contribution in [3.05, 3.63) is 169 Å². The molecule has 0 aliphatic rings. The Morgan fingerprint density at radius 2 is 1.11 bits per heavy atom. The Hall–Kier alpha value is -5.40. The minimum atomic E-state index is 0.0970. The first-order valence-electron chi connectivity index (χ1n) is 15.9. The van der Waals surface area contributed by atoms with Crippen LogP contribution >= 0.6 is 0 Å². The van der Waals surface area contributed by atoms with Gasteiger partial charge in [0, 0.05) is 0 Å². The normalized spacial score (nSPS) is 12.0. The van der Waals surface area contributed by atoms with Crippen LogP contribution in [0.5, 0.6) is 0 Å². The van der Waals surface area contributed by atoms with Crippen LogP contribution in [0.4, 0.5) is 0 Å². The van der Waals surface area contributed by atoms with Crippen LogP contribution < -0.4 is 5.73 Å². The first-order chi connectivity index (χ1) is 22.3. The number of benzene rings is 6. The molecular weight excluding hydrogens is 555 g/mol. The minimum absolute atomic E-state index is 0.0970. The topological polar surface area (TPSA) is 26.0 Å². The van der Waals surface area contributed by atoms with Gasteiger partial charge in [-0.3, -0.25) is 0 Å². The molecule has 0 amide bonds. The predicted molar refractivity (Wildman–Crippen MR) is 203 cm³/mol. The van der Waals surface area contributed by atoms with Gasteiger partial charge in [-0.05, 0) is 113 Å². The number of fused-ring (bicyclic) bond motifs is 2. The molecule has 0 heterocycles. The van der Waals surface area contributed by atoms with Crippen LogP contribution in [-0.4, -0.2) is 0 Å². The van der Waals surface area contributed by atoms with Crippen LogP contribution in [-0.2, 0) is 11.8 Å². The fraction of sp³-hybridized carbons (Fsp3) is 0.111. The van der Waals surface area contributed by atoms with Gasteiger partial charge in [0.1, 0.15) is 0 Å². The molecule has 6 aromatic rings. The van der Waals surface area contributed by atoms with Crippen molar-refractivity contribution in [1.29, 1.82) is 0 Å². The monoisotopic (exact) mass is 595 g/mol. The Morgan fingerprint density at radius 1 is 0.587 bits per heavy atom. The average molecular weight is 596 g/mol. The van der Waals surface area contributed by atoms with Crippen LogP contribution in [0.1, 0.15) is 43.0 Å². The van der Waals surface area contributed by atoms with Crippen molar-refractivity contribution in [2.45, 2.75) is 32.6 Å². The molecule has 0 radical (unpaired) electrons. The number of hydrogen-bond acceptors (Lipinski definition) is 1. The molecule has 226 valence electrons. The maximum absolute atomic E-state index is 5.42. The highest BCUT2D eigenvalue weighted by molar-refractivity contribution is 6.12. The van der Waals surface area contributed by atoms with E-state index in [0.717, 1.165) is 17.5 Å². The molecule has 0 aliphatic heterocycles. The smallest absolute Gasteiger partial charge is 0.00264 e. The molecule has 1 nitrogen and oxygen atoms in total. The van der Waals surface area contributed by atoms with Gasteiger partial charge < -0.3 is 5.73 Å². The number of nitrogens with two attached hydrogens (primary N) is 1. The highest BCUT2D eigenvalue weighted by Crippen LogP contribution is 2.44. The van der Waals surface area contributed by atoms with E-state index in [2.05, 4.69) is 149 Å². The summed E-state index contributed by atoms with van der Waals surface area (Å²) in [5.41, 5.74) is 17.5. The molecular formula is C45H41N.